The Hall–Kier alpha value is -2.76. The van der Waals surface area contributed by atoms with Gasteiger partial charge in [0.1, 0.15) is 5.69 Å². The molecule has 3 rings (SSSR count). The summed E-state index contributed by atoms with van der Waals surface area (Å²) in [6.07, 6.45) is 0.859. The molecular weight excluding hydrogens is 296 g/mol. The monoisotopic (exact) mass is 314 g/mol. The summed E-state index contributed by atoms with van der Waals surface area (Å²) in [5, 5.41) is 14.3. The van der Waals surface area contributed by atoms with Gasteiger partial charge >= 0.3 is 0 Å². The van der Waals surface area contributed by atoms with Crippen LogP contribution in [-0.2, 0) is 6.54 Å². The molecule has 23 heavy (non-hydrogen) atoms. The summed E-state index contributed by atoms with van der Waals surface area (Å²) in [5.41, 5.74) is 2.45. The fourth-order valence-electron chi connectivity index (χ4n) is 2.54. The fraction of sp³-hybridized carbons (Fsp3) is 0.294. The number of nitro groups is 1. The third-order valence-electron chi connectivity index (χ3n) is 3.73. The first-order valence-corrected chi connectivity index (χ1v) is 7.51. The van der Waals surface area contributed by atoms with Gasteiger partial charge in [0.05, 0.1) is 18.1 Å². The van der Waals surface area contributed by atoms with E-state index in [1.165, 1.54) is 6.07 Å². The summed E-state index contributed by atoms with van der Waals surface area (Å²) in [7, 11) is 0. The second-order valence-electron chi connectivity index (χ2n) is 5.41. The average Bonchev–Trinajstić information content (AvgIpc) is 2.78. The molecule has 0 aliphatic carbocycles. The summed E-state index contributed by atoms with van der Waals surface area (Å²) >= 11 is 0. The van der Waals surface area contributed by atoms with Gasteiger partial charge in [-0.25, -0.2) is 0 Å². The number of aryl methyl sites for hydroxylation is 1. The van der Waals surface area contributed by atoms with Gasteiger partial charge in [-0.15, -0.1) is 0 Å². The molecule has 6 nitrogen and oxygen atoms in total. The number of nitrogens with zero attached hydrogens (tertiary/aromatic N) is 1. The number of fused-ring (bicyclic) bond motifs is 1. The van der Waals surface area contributed by atoms with Crippen LogP contribution >= 0.6 is 0 Å². The Balaban J connectivity index is 1.79. The van der Waals surface area contributed by atoms with E-state index in [2.05, 4.69) is 5.32 Å². The van der Waals surface area contributed by atoms with E-state index < -0.39 is 0 Å². The van der Waals surface area contributed by atoms with Gasteiger partial charge in [0, 0.05) is 19.0 Å². The van der Waals surface area contributed by atoms with Crippen molar-refractivity contribution in [2.24, 2.45) is 0 Å². The maximum atomic E-state index is 11.1. The van der Waals surface area contributed by atoms with Crippen molar-refractivity contribution in [2.75, 3.05) is 18.5 Å². The zero-order valence-electron chi connectivity index (χ0n) is 12.9. The maximum Gasteiger partial charge on any atom is 0.292 e. The van der Waals surface area contributed by atoms with Crippen molar-refractivity contribution in [3.05, 3.63) is 57.6 Å². The minimum absolute atomic E-state index is 0.0827. The smallest absolute Gasteiger partial charge is 0.292 e. The van der Waals surface area contributed by atoms with Crippen molar-refractivity contribution in [1.29, 1.82) is 0 Å². The van der Waals surface area contributed by atoms with E-state index in [1.807, 2.05) is 31.2 Å². The van der Waals surface area contributed by atoms with Gasteiger partial charge in [-0.1, -0.05) is 18.2 Å². The molecule has 1 aliphatic rings. The topological polar surface area (TPSA) is 73.6 Å². The SMILES string of the molecule is Cc1cccc([N+](=O)[O-])c1NCc1ccc2c(c1)OCCCO2. The lowest BCUT2D eigenvalue weighted by molar-refractivity contribution is -0.384. The molecule has 0 fully saturated rings. The van der Waals surface area contributed by atoms with Crippen LogP contribution in [0.3, 0.4) is 0 Å². The molecule has 0 atom stereocenters. The summed E-state index contributed by atoms with van der Waals surface area (Å²) in [4.78, 5) is 10.8. The molecule has 2 aromatic carbocycles. The van der Waals surface area contributed by atoms with Gasteiger partial charge < -0.3 is 14.8 Å². The maximum absolute atomic E-state index is 11.1. The first-order chi connectivity index (χ1) is 11.1. The molecule has 1 N–H and O–H groups in total. The van der Waals surface area contributed by atoms with Gasteiger partial charge in [-0.3, -0.25) is 10.1 Å². The molecule has 1 heterocycles. The molecule has 0 unspecified atom stereocenters. The molecular formula is C17H18N2O4. The minimum Gasteiger partial charge on any atom is -0.490 e. The number of benzene rings is 2. The molecule has 0 aromatic heterocycles. The molecule has 0 radical (unpaired) electrons. The number of hydrogen-bond donors (Lipinski definition) is 1. The highest BCUT2D eigenvalue weighted by Gasteiger charge is 2.16. The molecule has 0 spiro atoms. The first kappa shape index (κ1) is 15.1. The van der Waals surface area contributed by atoms with Crippen LogP contribution in [0, 0.1) is 17.0 Å². The van der Waals surface area contributed by atoms with E-state index >= 15 is 0 Å². The molecule has 0 saturated carbocycles. The Bertz CT molecular complexity index is 731. The number of anilines is 1. The quantitative estimate of drug-likeness (QED) is 0.688. The zero-order chi connectivity index (χ0) is 16.2. The fourth-order valence-corrected chi connectivity index (χ4v) is 2.54. The summed E-state index contributed by atoms with van der Waals surface area (Å²) in [5.74, 6) is 1.47. The molecule has 1 aliphatic heterocycles. The van der Waals surface area contributed by atoms with Crippen molar-refractivity contribution in [1.82, 2.24) is 0 Å². The highest BCUT2D eigenvalue weighted by Crippen LogP contribution is 2.32. The Morgan fingerprint density at radius 3 is 2.74 bits per heavy atom. The number of nitrogens with one attached hydrogen (secondary N) is 1. The predicted octanol–water partition coefficient (Wildman–Crippen LogP) is 3.68. The summed E-state index contributed by atoms with van der Waals surface area (Å²) in [6.45, 7) is 3.61. The number of rotatable bonds is 4. The summed E-state index contributed by atoms with van der Waals surface area (Å²) < 4.78 is 11.3. The highest BCUT2D eigenvalue weighted by atomic mass is 16.6. The number of para-hydroxylation sites is 1. The van der Waals surface area contributed by atoms with Crippen LogP contribution in [0.15, 0.2) is 36.4 Å². The van der Waals surface area contributed by atoms with Crippen molar-refractivity contribution < 1.29 is 14.4 Å². The van der Waals surface area contributed by atoms with Gasteiger partial charge in [0.25, 0.3) is 5.69 Å². The third kappa shape index (κ3) is 3.36. The second-order valence-corrected chi connectivity index (χ2v) is 5.41. The molecule has 0 amide bonds. The van der Waals surface area contributed by atoms with Crippen LogP contribution < -0.4 is 14.8 Å². The van der Waals surface area contributed by atoms with E-state index in [9.17, 15) is 10.1 Å². The van der Waals surface area contributed by atoms with Crippen molar-refractivity contribution >= 4 is 11.4 Å². The Kier molecular flexibility index (Phi) is 4.32. The number of nitro benzene ring substituents is 1. The van der Waals surface area contributed by atoms with E-state index in [4.69, 9.17) is 9.47 Å². The third-order valence-corrected chi connectivity index (χ3v) is 3.73. The van der Waals surface area contributed by atoms with Crippen molar-refractivity contribution in [3.63, 3.8) is 0 Å². The van der Waals surface area contributed by atoms with Gasteiger partial charge in [0.2, 0.25) is 0 Å². The summed E-state index contributed by atoms with van der Waals surface area (Å²) in [6, 6.07) is 10.8. The highest BCUT2D eigenvalue weighted by molar-refractivity contribution is 5.66. The van der Waals surface area contributed by atoms with Crippen molar-refractivity contribution in [2.45, 2.75) is 19.9 Å². The lowest BCUT2D eigenvalue weighted by atomic mass is 10.1. The molecule has 0 bridgehead atoms. The standard InChI is InChI=1S/C17H18N2O4/c1-12-4-2-5-14(19(20)21)17(12)18-11-13-6-7-15-16(10-13)23-9-3-8-22-15/h2,4-7,10,18H,3,8-9,11H2,1H3. The van der Waals surface area contributed by atoms with Gasteiger partial charge in [-0.05, 0) is 30.2 Å². The van der Waals surface area contributed by atoms with E-state index in [-0.39, 0.29) is 10.6 Å². The Morgan fingerprint density at radius 1 is 1.17 bits per heavy atom. The van der Waals surface area contributed by atoms with Crippen LogP contribution in [0.4, 0.5) is 11.4 Å². The van der Waals surface area contributed by atoms with Gasteiger partial charge in [-0.2, -0.15) is 0 Å². The van der Waals surface area contributed by atoms with E-state index in [1.54, 1.807) is 6.07 Å². The molecule has 120 valence electrons. The van der Waals surface area contributed by atoms with E-state index in [0.717, 1.165) is 29.0 Å². The molecule has 6 heteroatoms. The molecule has 0 saturated heterocycles. The van der Waals surface area contributed by atoms with Crippen LogP contribution in [-0.4, -0.2) is 18.1 Å². The molecule has 2 aromatic rings. The van der Waals surface area contributed by atoms with Crippen LogP contribution in [0.25, 0.3) is 0 Å². The Morgan fingerprint density at radius 2 is 1.96 bits per heavy atom. The lowest BCUT2D eigenvalue weighted by Crippen LogP contribution is -2.05. The minimum atomic E-state index is -0.372. The van der Waals surface area contributed by atoms with Crippen molar-refractivity contribution in [3.8, 4) is 11.5 Å². The van der Waals surface area contributed by atoms with E-state index in [0.29, 0.717) is 25.4 Å². The number of hydrogen-bond acceptors (Lipinski definition) is 5. The lowest BCUT2D eigenvalue weighted by Gasteiger charge is -2.12. The normalized spacial score (nSPS) is 13.3. The zero-order valence-corrected chi connectivity index (χ0v) is 12.9. The first-order valence-electron chi connectivity index (χ1n) is 7.51. The number of ether oxygens (including phenoxy) is 2. The largest absolute Gasteiger partial charge is 0.490 e. The second kappa shape index (κ2) is 6.56. The predicted molar refractivity (Wildman–Crippen MR) is 87.2 cm³/mol. The average molecular weight is 314 g/mol. The Labute approximate surface area is 134 Å². The van der Waals surface area contributed by atoms with Crippen LogP contribution in [0.1, 0.15) is 17.5 Å². The van der Waals surface area contributed by atoms with Crippen LogP contribution in [0.5, 0.6) is 11.5 Å². The van der Waals surface area contributed by atoms with Gasteiger partial charge in [0.15, 0.2) is 11.5 Å². The van der Waals surface area contributed by atoms with Crippen LogP contribution in [0.2, 0.25) is 0 Å².